The number of halogens is 2. The second kappa shape index (κ2) is 6.06. The lowest BCUT2D eigenvalue weighted by atomic mass is 10.1. The van der Waals surface area contributed by atoms with Crippen molar-refractivity contribution in [2.24, 2.45) is 0 Å². The summed E-state index contributed by atoms with van der Waals surface area (Å²) in [6.07, 6.45) is 1.74. The van der Waals surface area contributed by atoms with Gasteiger partial charge < -0.3 is 9.47 Å². The molecular formula is C11H10Br2O3. The predicted octanol–water partition coefficient (Wildman–Crippen LogP) is 3.57. The second-order valence-corrected chi connectivity index (χ2v) is 5.62. The highest BCUT2D eigenvalue weighted by Gasteiger charge is 2.14. The molecule has 0 fully saturated rings. The number of methoxy groups -OCH3 is 2. The maximum absolute atomic E-state index is 11.5. The molecule has 0 aliphatic carbocycles. The summed E-state index contributed by atoms with van der Waals surface area (Å²) in [7, 11) is 2.90. The van der Waals surface area contributed by atoms with Crippen LogP contribution in [0.3, 0.4) is 0 Å². The molecule has 0 unspecified atom stereocenters. The van der Waals surface area contributed by atoms with E-state index >= 15 is 0 Å². The average Bonchev–Trinajstić information content (AvgIpc) is 2.27. The zero-order valence-electron chi connectivity index (χ0n) is 8.79. The Balaban J connectivity index is 3.37. The molecule has 16 heavy (non-hydrogen) atoms. The second-order valence-electron chi connectivity index (χ2n) is 2.85. The maximum atomic E-state index is 11.5. The molecule has 0 aliphatic heterocycles. The van der Waals surface area contributed by atoms with Crippen LogP contribution in [-0.2, 0) is 4.74 Å². The molecule has 0 radical (unpaired) electrons. The molecule has 1 aromatic rings. The summed E-state index contributed by atoms with van der Waals surface area (Å²) < 4.78 is 10.6. The standard InChI is InChI=1S/C11H10Br2O3/c1-15-9-5-3-4-7(11(14)16-2)8(9)6-10(12)13/h3-6H,1-2H3. The van der Waals surface area contributed by atoms with Gasteiger partial charge in [-0.1, -0.05) is 6.07 Å². The molecule has 0 spiro atoms. The molecule has 0 saturated heterocycles. The summed E-state index contributed by atoms with van der Waals surface area (Å²) >= 11 is 6.50. The van der Waals surface area contributed by atoms with Gasteiger partial charge in [-0.25, -0.2) is 4.79 Å². The average molecular weight is 350 g/mol. The molecule has 0 bridgehead atoms. The van der Waals surface area contributed by atoms with Crippen LogP contribution in [0.15, 0.2) is 21.6 Å². The highest BCUT2D eigenvalue weighted by molar-refractivity contribution is 9.28. The molecule has 86 valence electrons. The van der Waals surface area contributed by atoms with Crippen LogP contribution in [0.4, 0.5) is 0 Å². The summed E-state index contributed by atoms with van der Waals surface area (Å²) in [5, 5.41) is 0. The van der Waals surface area contributed by atoms with Crippen molar-refractivity contribution < 1.29 is 14.3 Å². The van der Waals surface area contributed by atoms with Gasteiger partial charge in [-0.05, 0) is 50.1 Å². The quantitative estimate of drug-likeness (QED) is 0.782. The van der Waals surface area contributed by atoms with E-state index in [4.69, 9.17) is 9.47 Å². The van der Waals surface area contributed by atoms with Gasteiger partial charge in [0.1, 0.15) is 5.75 Å². The van der Waals surface area contributed by atoms with E-state index < -0.39 is 5.97 Å². The van der Waals surface area contributed by atoms with Crippen LogP contribution in [-0.4, -0.2) is 20.2 Å². The molecule has 5 heteroatoms. The Labute approximate surface area is 111 Å². The van der Waals surface area contributed by atoms with Crippen LogP contribution in [0.25, 0.3) is 6.08 Å². The Morgan fingerprint density at radius 2 is 2.00 bits per heavy atom. The SMILES string of the molecule is COC(=O)c1cccc(OC)c1C=C(Br)Br. The largest absolute Gasteiger partial charge is 0.496 e. The smallest absolute Gasteiger partial charge is 0.338 e. The van der Waals surface area contributed by atoms with E-state index in [1.807, 2.05) is 0 Å². The summed E-state index contributed by atoms with van der Waals surface area (Å²) in [4.78, 5) is 11.5. The van der Waals surface area contributed by atoms with Gasteiger partial charge in [-0.2, -0.15) is 0 Å². The maximum Gasteiger partial charge on any atom is 0.338 e. The van der Waals surface area contributed by atoms with Crippen LogP contribution >= 0.6 is 31.9 Å². The first-order chi connectivity index (χ1) is 7.60. The molecule has 1 aromatic carbocycles. The third kappa shape index (κ3) is 3.09. The summed E-state index contributed by atoms with van der Waals surface area (Å²) in [6.45, 7) is 0. The fourth-order valence-electron chi connectivity index (χ4n) is 1.27. The van der Waals surface area contributed by atoms with Gasteiger partial charge in [-0.15, -0.1) is 0 Å². The van der Waals surface area contributed by atoms with E-state index in [9.17, 15) is 4.79 Å². The Morgan fingerprint density at radius 3 is 2.50 bits per heavy atom. The third-order valence-corrected chi connectivity index (χ3v) is 2.40. The van der Waals surface area contributed by atoms with E-state index in [0.29, 0.717) is 16.9 Å². The zero-order chi connectivity index (χ0) is 12.1. The van der Waals surface area contributed by atoms with Crippen LogP contribution < -0.4 is 4.74 Å². The van der Waals surface area contributed by atoms with Gasteiger partial charge in [0.15, 0.2) is 0 Å². The fourth-order valence-corrected chi connectivity index (χ4v) is 1.73. The van der Waals surface area contributed by atoms with Crippen molar-refractivity contribution in [2.45, 2.75) is 0 Å². The lowest BCUT2D eigenvalue weighted by Crippen LogP contribution is -2.04. The van der Waals surface area contributed by atoms with Crippen LogP contribution in [0, 0.1) is 0 Å². The number of ether oxygens (including phenoxy) is 2. The van der Waals surface area contributed by atoms with Gasteiger partial charge in [-0.3, -0.25) is 0 Å². The zero-order valence-corrected chi connectivity index (χ0v) is 12.0. The molecule has 0 amide bonds. The van der Waals surface area contributed by atoms with E-state index in [1.165, 1.54) is 7.11 Å². The predicted molar refractivity (Wildman–Crippen MR) is 70.2 cm³/mol. The Hall–Kier alpha value is -0.810. The van der Waals surface area contributed by atoms with E-state index in [0.717, 1.165) is 3.39 Å². The van der Waals surface area contributed by atoms with Crippen LogP contribution in [0.5, 0.6) is 5.75 Å². The number of carbonyl (C=O) groups is 1. The van der Waals surface area contributed by atoms with Crippen molar-refractivity contribution in [3.8, 4) is 5.75 Å². The molecule has 0 heterocycles. The number of hydrogen-bond acceptors (Lipinski definition) is 3. The first-order valence-electron chi connectivity index (χ1n) is 4.38. The molecule has 0 atom stereocenters. The highest BCUT2D eigenvalue weighted by atomic mass is 79.9. The number of benzene rings is 1. The minimum Gasteiger partial charge on any atom is -0.496 e. The summed E-state index contributed by atoms with van der Waals surface area (Å²) in [5.41, 5.74) is 1.12. The molecule has 0 saturated carbocycles. The van der Waals surface area contributed by atoms with Crippen LogP contribution in [0.2, 0.25) is 0 Å². The normalized spacial score (nSPS) is 9.50. The van der Waals surface area contributed by atoms with Crippen molar-refractivity contribution in [3.05, 3.63) is 32.7 Å². The number of carbonyl (C=O) groups excluding carboxylic acids is 1. The van der Waals surface area contributed by atoms with Crippen molar-refractivity contribution in [1.82, 2.24) is 0 Å². The Bertz CT molecular complexity index is 423. The molecule has 0 aromatic heterocycles. The van der Waals surface area contributed by atoms with Crippen molar-refractivity contribution >= 4 is 43.9 Å². The van der Waals surface area contributed by atoms with E-state index in [1.54, 1.807) is 31.4 Å². The van der Waals surface area contributed by atoms with E-state index in [-0.39, 0.29) is 0 Å². The van der Waals surface area contributed by atoms with E-state index in [2.05, 4.69) is 31.9 Å². The minimum absolute atomic E-state index is 0.397. The first kappa shape index (κ1) is 13.3. The fraction of sp³-hybridized carbons (Fsp3) is 0.182. The van der Waals surface area contributed by atoms with Crippen molar-refractivity contribution in [2.75, 3.05) is 14.2 Å². The van der Waals surface area contributed by atoms with Gasteiger partial charge in [0.25, 0.3) is 0 Å². The van der Waals surface area contributed by atoms with Crippen molar-refractivity contribution in [3.63, 3.8) is 0 Å². The summed E-state index contributed by atoms with van der Waals surface area (Å²) in [5.74, 6) is 0.214. The topological polar surface area (TPSA) is 35.5 Å². The molecule has 0 N–H and O–H groups in total. The monoisotopic (exact) mass is 348 g/mol. The minimum atomic E-state index is -0.397. The van der Waals surface area contributed by atoms with Gasteiger partial charge >= 0.3 is 5.97 Å². The molecule has 0 aliphatic rings. The highest BCUT2D eigenvalue weighted by Crippen LogP contribution is 2.28. The van der Waals surface area contributed by atoms with Gasteiger partial charge in [0.05, 0.1) is 23.2 Å². The molecule has 3 nitrogen and oxygen atoms in total. The number of esters is 1. The molecular weight excluding hydrogens is 340 g/mol. The van der Waals surface area contributed by atoms with Crippen molar-refractivity contribution in [1.29, 1.82) is 0 Å². The summed E-state index contributed by atoms with van der Waals surface area (Å²) in [6, 6.07) is 5.20. The lowest BCUT2D eigenvalue weighted by Gasteiger charge is -2.09. The lowest BCUT2D eigenvalue weighted by molar-refractivity contribution is 0.0600. The van der Waals surface area contributed by atoms with Gasteiger partial charge in [0.2, 0.25) is 0 Å². The molecule has 1 rings (SSSR count). The van der Waals surface area contributed by atoms with Gasteiger partial charge in [0, 0.05) is 5.56 Å². The van der Waals surface area contributed by atoms with Crippen LogP contribution in [0.1, 0.15) is 15.9 Å². The Kier molecular flexibility index (Phi) is 5.02. The number of hydrogen-bond donors (Lipinski definition) is 0. The third-order valence-electron chi connectivity index (χ3n) is 1.94. The Morgan fingerprint density at radius 1 is 1.31 bits per heavy atom. The first-order valence-corrected chi connectivity index (χ1v) is 5.96. The number of rotatable bonds is 3.